The van der Waals surface area contributed by atoms with Gasteiger partial charge in [-0.1, -0.05) is 24.3 Å². The number of imide groups is 1. The standard InChI is InChI=1S/C30H22IN3O5S/c31-20-11-13-22(14-12-20)34-27(35)18-26(30(34)38)40-24-10-4-8-21(16-24)32-29(37)25(17-23-9-5-15-39-23)33-28(36)19-6-2-1-3-7-19/h1-17,26H,18H2,(H,32,37)(H,33,36)/b25-17-. The minimum Gasteiger partial charge on any atom is -0.465 e. The van der Waals surface area contributed by atoms with E-state index in [1.54, 1.807) is 72.8 Å². The third kappa shape index (κ3) is 6.52. The Labute approximate surface area is 248 Å². The highest BCUT2D eigenvalue weighted by Gasteiger charge is 2.40. The normalized spacial score (nSPS) is 15.3. The van der Waals surface area contributed by atoms with Crippen molar-refractivity contribution >= 4 is 75.4 Å². The number of rotatable bonds is 8. The molecule has 8 nitrogen and oxygen atoms in total. The molecule has 1 saturated heterocycles. The molecule has 0 saturated carbocycles. The highest BCUT2D eigenvalue weighted by Crippen LogP contribution is 2.35. The zero-order valence-corrected chi connectivity index (χ0v) is 23.8. The summed E-state index contributed by atoms with van der Waals surface area (Å²) >= 11 is 3.43. The average molecular weight is 663 g/mol. The molecule has 2 N–H and O–H groups in total. The number of halogens is 1. The Balaban J connectivity index is 1.30. The van der Waals surface area contributed by atoms with Gasteiger partial charge in [-0.25, -0.2) is 4.90 Å². The smallest absolute Gasteiger partial charge is 0.272 e. The highest BCUT2D eigenvalue weighted by molar-refractivity contribution is 14.1. The summed E-state index contributed by atoms with van der Waals surface area (Å²) in [4.78, 5) is 53.7. The first-order chi connectivity index (χ1) is 19.4. The molecule has 10 heteroatoms. The van der Waals surface area contributed by atoms with E-state index >= 15 is 0 Å². The van der Waals surface area contributed by atoms with Gasteiger partial charge in [0, 0.05) is 32.2 Å². The number of benzene rings is 3. The average Bonchev–Trinajstić information content (AvgIpc) is 3.56. The number of anilines is 2. The Bertz CT molecular complexity index is 1590. The van der Waals surface area contributed by atoms with E-state index in [0.717, 1.165) is 3.57 Å². The number of amides is 4. The van der Waals surface area contributed by atoms with Crippen LogP contribution in [0.25, 0.3) is 6.08 Å². The fourth-order valence-electron chi connectivity index (χ4n) is 4.03. The Morgan fingerprint density at radius 3 is 2.45 bits per heavy atom. The summed E-state index contributed by atoms with van der Waals surface area (Å²) in [6.07, 6.45) is 2.99. The number of hydrogen-bond donors (Lipinski definition) is 2. The fraction of sp³-hybridized carbons (Fsp3) is 0.0667. The summed E-state index contributed by atoms with van der Waals surface area (Å²) in [7, 11) is 0. The topological polar surface area (TPSA) is 109 Å². The number of nitrogens with one attached hydrogen (secondary N) is 2. The molecule has 5 rings (SSSR count). The molecule has 4 aromatic rings. The van der Waals surface area contributed by atoms with Gasteiger partial charge in [0.1, 0.15) is 11.5 Å². The van der Waals surface area contributed by atoms with Crippen LogP contribution in [-0.2, 0) is 14.4 Å². The summed E-state index contributed by atoms with van der Waals surface area (Å²) in [6, 6.07) is 26.1. The van der Waals surface area contributed by atoms with E-state index in [1.807, 2.05) is 18.2 Å². The van der Waals surface area contributed by atoms with Gasteiger partial charge >= 0.3 is 0 Å². The number of hydrogen-bond acceptors (Lipinski definition) is 6. The van der Waals surface area contributed by atoms with Gasteiger partial charge in [-0.2, -0.15) is 0 Å². The first-order valence-corrected chi connectivity index (χ1v) is 14.2. The second kappa shape index (κ2) is 12.3. The molecule has 200 valence electrons. The monoisotopic (exact) mass is 663 g/mol. The maximum atomic E-state index is 13.2. The maximum Gasteiger partial charge on any atom is 0.272 e. The first kappa shape index (κ1) is 27.4. The molecule has 1 aliphatic rings. The second-order valence-corrected chi connectivity index (χ2v) is 11.3. The predicted molar refractivity (Wildman–Crippen MR) is 162 cm³/mol. The van der Waals surface area contributed by atoms with Crippen molar-refractivity contribution in [3.05, 3.63) is 118 Å². The van der Waals surface area contributed by atoms with Crippen molar-refractivity contribution in [2.24, 2.45) is 0 Å². The van der Waals surface area contributed by atoms with Gasteiger partial charge in [0.2, 0.25) is 11.8 Å². The van der Waals surface area contributed by atoms with Crippen LogP contribution in [0, 0.1) is 3.57 Å². The Morgan fingerprint density at radius 2 is 1.73 bits per heavy atom. The molecule has 1 atom stereocenters. The molecule has 0 radical (unpaired) electrons. The molecule has 1 aromatic heterocycles. The Hall–Kier alpha value is -4.16. The van der Waals surface area contributed by atoms with Gasteiger partial charge in [0.25, 0.3) is 11.8 Å². The number of nitrogens with zero attached hydrogens (tertiary/aromatic N) is 1. The van der Waals surface area contributed by atoms with Crippen molar-refractivity contribution < 1.29 is 23.6 Å². The SMILES string of the molecule is O=C(Nc1cccc(SC2CC(=O)N(c3ccc(I)cc3)C2=O)c1)/C(=C/c1ccco1)NC(=O)c1ccccc1. The number of carbonyl (C=O) groups excluding carboxylic acids is 4. The van der Waals surface area contributed by atoms with Gasteiger partial charge in [0.05, 0.1) is 17.2 Å². The fourth-order valence-corrected chi connectivity index (χ4v) is 5.50. The van der Waals surface area contributed by atoms with Crippen molar-refractivity contribution in [3.63, 3.8) is 0 Å². The molecule has 3 aromatic carbocycles. The van der Waals surface area contributed by atoms with Crippen LogP contribution < -0.4 is 15.5 Å². The molecule has 2 heterocycles. The van der Waals surface area contributed by atoms with Gasteiger partial charge in [0.15, 0.2) is 0 Å². The first-order valence-electron chi connectivity index (χ1n) is 12.2. The molecule has 4 amide bonds. The summed E-state index contributed by atoms with van der Waals surface area (Å²) in [5.41, 5.74) is 1.40. The van der Waals surface area contributed by atoms with E-state index in [-0.39, 0.29) is 23.9 Å². The third-order valence-electron chi connectivity index (χ3n) is 5.92. The van der Waals surface area contributed by atoms with Gasteiger partial charge in [-0.3, -0.25) is 19.2 Å². The number of thioether (sulfide) groups is 1. The largest absolute Gasteiger partial charge is 0.465 e. The molecular weight excluding hydrogens is 641 g/mol. The van der Waals surface area contributed by atoms with Crippen LogP contribution in [0.2, 0.25) is 0 Å². The number of furan rings is 1. The Morgan fingerprint density at radius 1 is 0.950 bits per heavy atom. The van der Waals surface area contributed by atoms with Crippen molar-refractivity contribution in [2.75, 3.05) is 10.2 Å². The van der Waals surface area contributed by atoms with Gasteiger partial charge < -0.3 is 15.1 Å². The third-order valence-corrected chi connectivity index (χ3v) is 7.82. The number of carbonyl (C=O) groups is 4. The summed E-state index contributed by atoms with van der Waals surface area (Å²) in [6.45, 7) is 0. The van der Waals surface area contributed by atoms with Crippen molar-refractivity contribution in [3.8, 4) is 0 Å². The van der Waals surface area contributed by atoms with E-state index in [2.05, 4.69) is 33.2 Å². The van der Waals surface area contributed by atoms with Crippen molar-refractivity contribution in [1.29, 1.82) is 0 Å². The minimum absolute atomic E-state index is 0.00779. The Kier molecular flexibility index (Phi) is 8.46. The van der Waals surface area contributed by atoms with Gasteiger partial charge in [-0.05, 0) is 89.3 Å². The lowest BCUT2D eigenvalue weighted by Gasteiger charge is -2.15. The summed E-state index contributed by atoms with van der Waals surface area (Å²) < 4.78 is 6.34. The van der Waals surface area contributed by atoms with Crippen LogP contribution in [0.4, 0.5) is 11.4 Å². The van der Waals surface area contributed by atoms with Crippen LogP contribution in [-0.4, -0.2) is 28.9 Å². The molecular formula is C30H22IN3O5S. The molecule has 1 unspecified atom stereocenters. The lowest BCUT2D eigenvalue weighted by atomic mass is 10.2. The molecule has 1 aliphatic heterocycles. The zero-order chi connectivity index (χ0) is 28.1. The van der Waals surface area contributed by atoms with E-state index < -0.39 is 17.1 Å². The minimum atomic E-state index is -0.586. The molecule has 0 spiro atoms. The molecule has 40 heavy (non-hydrogen) atoms. The quantitative estimate of drug-likeness (QED) is 0.142. The second-order valence-electron chi connectivity index (χ2n) is 8.73. The lowest BCUT2D eigenvalue weighted by molar-refractivity contribution is -0.121. The van der Waals surface area contributed by atoms with Crippen LogP contribution in [0.1, 0.15) is 22.5 Å². The van der Waals surface area contributed by atoms with Crippen molar-refractivity contribution in [1.82, 2.24) is 5.32 Å². The van der Waals surface area contributed by atoms with Crippen LogP contribution in [0.5, 0.6) is 0 Å². The lowest BCUT2D eigenvalue weighted by Crippen LogP contribution is -2.31. The maximum absolute atomic E-state index is 13.2. The molecule has 0 aliphatic carbocycles. The zero-order valence-electron chi connectivity index (χ0n) is 20.9. The van der Waals surface area contributed by atoms with E-state index in [0.29, 0.717) is 27.6 Å². The van der Waals surface area contributed by atoms with E-state index in [1.165, 1.54) is 29.0 Å². The van der Waals surface area contributed by atoms with Crippen LogP contribution in [0.3, 0.4) is 0 Å². The van der Waals surface area contributed by atoms with Gasteiger partial charge in [-0.15, -0.1) is 11.8 Å². The molecule has 0 bridgehead atoms. The van der Waals surface area contributed by atoms with E-state index in [4.69, 9.17) is 4.42 Å². The van der Waals surface area contributed by atoms with Crippen LogP contribution >= 0.6 is 34.4 Å². The molecule has 1 fully saturated rings. The summed E-state index contributed by atoms with van der Waals surface area (Å²) in [5.74, 6) is -1.14. The predicted octanol–water partition coefficient (Wildman–Crippen LogP) is 5.72. The highest BCUT2D eigenvalue weighted by atomic mass is 127. The van der Waals surface area contributed by atoms with Crippen LogP contribution in [0.15, 0.2) is 112 Å². The van der Waals surface area contributed by atoms with Crippen molar-refractivity contribution in [2.45, 2.75) is 16.6 Å². The van der Waals surface area contributed by atoms with E-state index in [9.17, 15) is 19.2 Å². The summed E-state index contributed by atoms with van der Waals surface area (Å²) in [5, 5.41) is 4.87.